The summed E-state index contributed by atoms with van der Waals surface area (Å²) in [5, 5.41) is 3.04. The number of nitrogens with zero attached hydrogens (tertiary/aromatic N) is 2. The van der Waals surface area contributed by atoms with E-state index in [-0.39, 0.29) is 0 Å². The molecule has 0 aromatic carbocycles. The van der Waals surface area contributed by atoms with Gasteiger partial charge in [-0.15, -0.1) is 0 Å². The molecule has 0 aliphatic carbocycles. The summed E-state index contributed by atoms with van der Waals surface area (Å²) in [5.74, 6) is 0.476. The number of H-pyrrole nitrogens is 2. The van der Waals surface area contributed by atoms with E-state index in [0.29, 0.717) is 36.7 Å². The van der Waals surface area contributed by atoms with Crippen LogP contribution in [-0.4, -0.2) is 32.6 Å². The van der Waals surface area contributed by atoms with Crippen molar-refractivity contribution < 1.29 is 0 Å². The molecule has 0 aliphatic rings. The second-order valence-electron chi connectivity index (χ2n) is 4.26. The van der Waals surface area contributed by atoms with Crippen molar-refractivity contribution in [3.05, 3.63) is 20.8 Å². The average Bonchev–Trinajstić information content (AvgIpc) is 2.79. The molecule has 2 heterocycles. The van der Waals surface area contributed by atoms with E-state index < -0.39 is 11.2 Å². The van der Waals surface area contributed by atoms with Crippen LogP contribution in [0.2, 0.25) is 0 Å². The fourth-order valence-electron chi connectivity index (χ4n) is 1.86. The minimum Gasteiger partial charge on any atom is -0.356 e. The molecule has 2 aromatic heterocycles. The third-order valence-electron chi connectivity index (χ3n) is 2.75. The third kappa shape index (κ3) is 2.68. The fraction of sp³-hybridized carbons (Fsp3) is 0.545. The molecule has 104 valence electrons. The predicted octanol–water partition coefficient (Wildman–Crippen LogP) is -0.416. The van der Waals surface area contributed by atoms with E-state index in [2.05, 4.69) is 20.3 Å². The molecular weight excluding hydrogens is 248 g/mol. The number of nitrogens with one attached hydrogen (secondary N) is 3. The minimum absolute atomic E-state index is 0.309. The van der Waals surface area contributed by atoms with Crippen LogP contribution in [0.5, 0.6) is 0 Å². The molecule has 0 spiro atoms. The Morgan fingerprint density at radius 3 is 2.84 bits per heavy atom. The molecule has 2 aromatic rings. The minimum atomic E-state index is -0.452. The van der Waals surface area contributed by atoms with E-state index >= 15 is 0 Å². The van der Waals surface area contributed by atoms with Crippen molar-refractivity contribution in [2.24, 2.45) is 5.73 Å². The molecule has 0 unspecified atom stereocenters. The highest BCUT2D eigenvalue weighted by molar-refractivity contribution is 5.72. The van der Waals surface area contributed by atoms with E-state index in [1.807, 2.05) is 6.92 Å². The molecule has 0 atom stereocenters. The first-order chi connectivity index (χ1) is 9.17. The van der Waals surface area contributed by atoms with E-state index in [1.54, 1.807) is 0 Å². The molecule has 5 N–H and O–H groups in total. The van der Waals surface area contributed by atoms with Gasteiger partial charge in [0.1, 0.15) is 0 Å². The van der Waals surface area contributed by atoms with Gasteiger partial charge in [0.15, 0.2) is 11.2 Å². The molecule has 0 saturated heterocycles. The lowest BCUT2D eigenvalue weighted by atomic mass is 10.4. The lowest BCUT2D eigenvalue weighted by molar-refractivity contribution is 0.652. The van der Waals surface area contributed by atoms with Gasteiger partial charge in [0.25, 0.3) is 5.56 Å². The first-order valence-electron chi connectivity index (χ1n) is 6.34. The number of aryl methyl sites for hydroxylation is 1. The summed E-state index contributed by atoms with van der Waals surface area (Å²) in [7, 11) is 0. The standard InChI is InChI=1S/C11H18N6O2/c1-2-6-17-8-7(9(18)16-11(17)19)14-10(15-8)13-5-3-4-12/h2-6,12H2,1H3,(H2,13,14,15)(H,16,18,19). The van der Waals surface area contributed by atoms with Crippen LogP contribution in [0, 0.1) is 0 Å². The van der Waals surface area contributed by atoms with Gasteiger partial charge in [-0.3, -0.25) is 14.3 Å². The molecule has 0 bridgehead atoms. The molecule has 0 aliphatic heterocycles. The molecule has 0 fully saturated rings. The summed E-state index contributed by atoms with van der Waals surface area (Å²) in [6.45, 7) is 3.70. The number of anilines is 1. The first kappa shape index (κ1) is 13.3. The maximum atomic E-state index is 11.7. The molecule has 8 nitrogen and oxygen atoms in total. The summed E-state index contributed by atoms with van der Waals surface area (Å²) in [4.78, 5) is 32.9. The van der Waals surface area contributed by atoms with Crippen molar-refractivity contribution in [3.8, 4) is 0 Å². The van der Waals surface area contributed by atoms with E-state index in [9.17, 15) is 9.59 Å². The van der Waals surface area contributed by atoms with Crippen molar-refractivity contribution in [2.45, 2.75) is 26.3 Å². The van der Waals surface area contributed by atoms with Gasteiger partial charge in [0.05, 0.1) is 0 Å². The Hall–Kier alpha value is -2.09. The van der Waals surface area contributed by atoms with Gasteiger partial charge in [-0.05, 0) is 19.4 Å². The Balaban J connectivity index is 2.45. The highest BCUT2D eigenvalue weighted by atomic mass is 16.2. The lowest BCUT2D eigenvalue weighted by Gasteiger charge is -2.02. The van der Waals surface area contributed by atoms with Crippen molar-refractivity contribution >= 4 is 17.1 Å². The monoisotopic (exact) mass is 266 g/mol. The number of nitrogens with two attached hydrogens (primary N) is 1. The zero-order chi connectivity index (χ0) is 13.8. The van der Waals surface area contributed by atoms with Gasteiger partial charge in [-0.2, -0.15) is 4.98 Å². The topological polar surface area (TPSA) is 122 Å². The van der Waals surface area contributed by atoms with Crippen LogP contribution in [0.4, 0.5) is 5.95 Å². The molecule has 0 radical (unpaired) electrons. The fourth-order valence-corrected chi connectivity index (χ4v) is 1.86. The number of aromatic nitrogens is 4. The van der Waals surface area contributed by atoms with Gasteiger partial charge < -0.3 is 16.0 Å². The number of hydrogen-bond acceptors (Lipinski definition) is 5. The van der Waals surface area contributed by atoms with Gasteiger partial charge in [0, 0.05) is 13.1 Å². The van der Waals surface area contributed by atoms with E-state index in [0.717, 1.165) is 12.8 Å². The zero-order valence-electron chi connectivity index (χ0n) is 10.8. The molecule has 0 amide bonds. The maximum Gasteiger partial charge on any atom is 0.330 e. The normalized spacial score (nSPS) is 11.1. The van der Waals surface area contributed by atoms with Gasteiger partial charge in [0.2, 0.25) is 5.95 Å². The zero-order valence-corrected chi connectivity index (χ0v) is 10.8. The average molecular weight is 266 g/mol. The van der Waals surface area contributed by atoms with E-state index in [1.165, 1.54) is 4.57 Å². The molecule has 19 heavy (non-hydrogen) atoms. The number of hydrogen-bond donors (Lipinski definition) is 4. The van der Waals surface area contributed by atoms with Crippen molar-refractivity contribution in [2.75, 3.05) is 18.4 Å². The summed E-state index contributed by atoms with van der Waals surface area (Å²) >= 11 is 0. The predicted molar refractivity (Wildman–Crippen MR) is 73.4 cm³/mol. The van der Waals surface area contributed by atoms with E-state index in [4.69, 9.17) is 5.73 Å². The largest absolute Gasteiger partial charge is 0.356 e. The molecule has 0 saturated carbocycles. The van der Waals surface area contributed by atoms with Crippen LogP contribution in [0.25, 0.3) is 11.2 Å². The van der Waals surface area contributed by atoms with Crippen LogP contribution < -0.4 is 22.3 Å². The van der Waals surface area contributed by atoms with Crippen molar-refractivity contribution in [1.29, 1.82) is 0 Å². The lowest BCUT2D eigenvalue weighted by Crippen LogP contribution is -2.30. The summed E-state index contributed by atoms with van der Waals surface area (Å²) < 4.78 is 1.46. The van der Waals surface area contributed by atoms with Crippen LogP contribution in [0.3, 0.4) is 0 Å². The number of aromatic amines is 2. The Morgan fingerprint density at radius 2 is 2.16 bits per heavy atom. The Morgan fingerprint density at radius 1 is 1.37 bits per heavy atom. The van der Waals surface area contributed by atoms with Crippen molar-refractivity contribution in [1.82, 2.24) is 19.5 Å². The SMILES string of the molecule is CCCn1c(=O)[nH]c(=O)c2[nH]c(NCCCN)nc21. The molecule has 8 heteroatoms. The Kier molecular flexibility index (Phi) is 4.00. The van der Waals surface area contributed by atoms with Gasteiger partial charge >= 0.3 is 5.69 Å². The summed E-state index contributed by atoms with van der Waals surface area (Å²) in [6, 6.07) is 0. The first-order valence-corrected chi connectivity index (χ1v) is 6.34. The Labute approximate surface area is 109 Å². The van der Waals surface area contributed by atoms with Gasteiger partial charge in [-0.1, -0.05) is 6.92 Å². The molecule has 2 rings (SSSR count). The number of imidazole rings is 1. The maximum absolute atomic E-state index is 11.7. The van der Waals surface area contributed by atoms with Crippen molar-refractivity contribution in [3.63, 3.8) is 0 Å². The highest BCUT2D eigenvalue weighted by Crippen LogP contribution is 2.09. The second kappa shape index (κ2) is 5.70. The second-order valence-corrected chi connectivity index (χ2v) is 4.26. The highest BCUT2D eigenvalue weighted by Gasteiger charge is 2.11. The molecular formula is C11H18N6O2. The smallest absolute Gasteiger partial charge is 0.330 e. The Bertz CT molecular complexity index is 668. The quantitative estimate of drug-likeness (QED) is 0.529. The van der Waals surface area contributed by atoms with Crippen LogP contribution in [-0.2, 0) is 6.54 Å². The summed E-state index contributed by atoms with van der Waals surface area (Å²) in [6.07, 6.45) is 1.58. The van der Waals surface area contributed by atoms with Crippen LogP contribution >= 0.6 is 0 Å². The van der Waals surface area contributed by atoms with Gasteiger partial charge in [-0.25, -0.2) is 4.79 Å². The summed E-state index contributed by atoms with van der Waals surface area (Å²) in [5.41, 5.74) is 5.21. The van der Waals surface area contributed by atoms with Crippen LogP contribution in [0.15, 0.2) is 9.59 Å². The number of fused-ring (bicyclic) bond motifs is 1. The third-order valence-corrected chi connectivity index (χ3v) is 2.75. The number of rotatable bonds is 6. The van der Waals surface area contributed by atoms with Crippen LogP contribution in [0.1, 0.15) is 19.8 Å².